The number of hydrogen-bond donors (Lipinski definition) is 1. The summed E-state index contributed by atoms with van der Waals surface area (Å²) in [6, 6.07) is 0.598. The summed E-state index contributed by atoms with van der Waals surface area (Å²) in [5.41, 5.74) is 0.265. The van der Waals surface area contributed by atoms with Crippen molar-refractivity contribution < 1.29 is 4.74 Å². The van der Waals surface area contributed by atoms with E-state index >= 15 is 0 Å². The Morgan fingerprint density at radius 2 is 2.11 bits per heavy atom. The molecule has 0 aromatic heterocycles. The molecule has 18 heavy (non-hydrogen) atoms. The molecular weight excluding hydrogens is 222 g/mol. The third kappa shape index (κ3) is 4.30. The lowest BCUT2D eigenvalue weighted by molar-refractivity contribution is -0.123. The van der Waals surface area contributed by atoms with Crippen LogP contribution in [0.3, 0.4) is 0 Å². The van der Waals surface area contributed by atoms with Crippen molar-refractivity contribution >= 4 is 0 Å². The maximum absolute atomic E-state index is 5.96. The van der Waals surface area contributed by atoms with Crippen LogP contribution in [0.2, 0.25) is 0 Å². The van der Waals surface area contributed by atoms with Gasteiger partial charge in [0.05, 0.1) is 6.10 Å². The zero-order valence-electron chi connectivity index (χ0n) is 12.5. The monoisotopic (exact) mass is 251 g/mol. The average molecular weight is 251 g/mol. The smallest absolute Gasteiger partial charge is 0.0656 e. The molecule has 2 nitrogen and oxygen atoms in total. The minimum Gasteiger partial charge on any atom is -0.377 e. The molecule has 1 aliphatic carbocycles. The lowest BCUT2D eigenvalue weighted by Gasteiger charge is -2.52. The van der Waals surface area contributed by atoms with E-state index in [9.17, 15) is 0 Å². The Morgan fingerprint density at radius 1 is 1.39 bits per heavy atom. The van der Waals surface area contributed by atoms with Gasteiger partial charge < -0.3 is 10.1 Å². The topological polar surface area (TPSA) is 21.3 Å². The van der Waals surface area contributed by atoms with Crippen LogP contribution in [-0.4, -0.2) is 25.3 Å². The lowest BCUT2D eigenvalue weighted by atomic mass is 9.64. The van der Waals surface area contributed by atoms with Crippen molar-refractivity contribution in [2.45, 2.75) is 65.5 Å². The molecule has 2 atom stereocenters. The zero-order valence-corrected chi connectivity index (χ0v) is 12.5. The minimum atomic E-state index is 0.265. The molecule has 0 saturated heterocycles. The van der Waals surface area contributed by atoms with Crippen LogP contribution in [0.5, 0.6) is 0 Å². The van der Waals surface area contributed by atoms with E-state index in [0.29, 0.717) is 18.1 Å². The lowest BCUT2D eigenvalue weighted by Crippen LogP contribution is -2.61. The molecule has 0 aromatic rings. The Morgan fingerprint density at radius 3 is 2.67 bits per heavy atom. The van der Waals surface area contributed by atoms with Crippen molar-refractivity contribution in [2.24, 2.45) is 11.3 Å². The molecule has 1 N–H and O–H groups in total. The van der Waals surface area contributed by atoms with Gasteiger partial charge in [-0.2, -0.15) is 0 Å². The Kier molecular flexibility index (Phi) is 6.18. The Labute approximate surface area is 113 Å². The number of hydrogen-bond acceptors (Lipinski definition) is 2. The highest BCUT2D eigenvalue weighted by molar-refractivity contribution is 5.02. The fraction of sp³-hybridized carbons (Fsp3) is 0.875. The van der Waals surface area contributed by atoms with Gasteiger partial charge in [0, 0.05) is 24.5 Å². The van der Waals surface area contributed by atoms with Crippen molar-refractivity contribution in [1.29, 1.82) is 0 Å². The molecule has 1 aliphatic rings. The second-order valence-electron chi connectivity index (χ2n) is 6.44. The van der Waals surface area contributed by atoms with E-state index in [-0.39, 0.29) is 5.41 Å². The number of unbranched alkanes of at least 4 members (excludes halogenated alkanes) is 2. The van der Waals surface area contributed by atoms with Crippen molar-refractivity contribution in [2.75, 3.05) is 13.2 Å². The van der Waals surface area contributed by atoms with Gasteiger partial charge in [0.2, 0.25) is 0 Å². The van der Waals surface area contributed by atoms with Gasteiger partial charge in [-0.05, 0) is 31.7 Å². The summed E-state index contributed by atoms with van der Waals surface area (Å²) < 4.78 is 5.96. The Balaban J connectivity index is 2.16. The molecule has 0 heterocycles. The highest BCUT2D eigenvalue weighted by Gasteiger charge is 2.48. The van der Waals surface area contributed by atoms with Crippen LogP contribution in [0, 0.1) is 23.7 Å². The van der Waals surface area contributed by atoms with E-state index in [4.69, 9.17) is 11.2 Å². The average Bonchev–Trinajstić information content (AvgIpc) is 2.30. The molecule has 2 heteroatoms. The van der Waals surface area contributed by atoms with Crippen LogP contribution in [0.1, 0.15) is 53.4 Å². The molecule has 0 spiro atoms. The summed E-state index contributed by atoms with van der Waals surface area (Å²) in [7, 11) is 0. The first-order valence-corrected chi connectivity index (χ1v) is 7.27. The van der Waals surface area contributed by atoms with Crippen LogP contribution in [-0.2, 0) is 4.74 Å². The normalized spacial score (nSPS) is 25.8. The van der Waals surface area contributed by atoms with Gasteiger partial charge in [-0.25, -0.2) is 0 Å². The molecule has 104 valence electrons. The first-order chi connectivity index (χ1) is 8.48. The van der Waals surface area contributed by atoms with Gasteiger partial charge in [0.25, 0.3) is 0 Å². The maximum atomic E-state index is 5.96. The van der Waals surface area contributed by atoms with Gasteiger partial charge in [-0.15, -0.1) is 12.3 Å². The zero-order chi connectivity index (χ0) is 13.6. The first-order valence-electron chi connectivity index (χ1n) is 7.27. The molecule has 0 aliphatic heterocycles. The molecule has 2 unspecified atom stereocenters. The number of rotatable bonds is 8. The fourth-order valence-corrected chi connectivity index (χ4v) is 2.45. The van der Waals surface area contributed by atoms with Crippen LogP contribution in [0.15, 0.2) is 0 Å². The van der Waals surface area contributed by atoms with E-state index in [2.05, 4.69) is 38.9 Å². The predicted molar refractivity (Wildman–Crippen MR) is 77.5 cm³/mol. The van der Waals surface area contributed by atoms with Gasteiger partial charge in [0.15, 0.2) is 0 Å². The molecule has 1 saturated carbocycles. The fourth-order valence-electron chi connectivity index (χ4n) is 2.45. The van der Waals surface area contributed by atoms with Crippen LogP contribution in [0.25, 0.3) is 0 Å². The minimum absolute atomic E-state index is 0.265. The van der Waals surface area contributed by atoms with Gasteiger partial charge in [0.1, 0.15) is 0 Å². The Hall–Kier alpha value is -0.520. The van der Waals surface area contributed by atoms with E-state index < -0.39 is 0 Å². The molecule has 0 amide bonds. The highest BCUT2D eigenvalue weighted by Crippen LogP contribution is 2.42. The van der Waals surface area contributed by atoms with Crippen molar-refractivity contribution in [1.82, 2.24) is 5.32 Å². The van der Waals surface area contributed by atoms with Gasteiger partial charge >= 0.3 is 0 Å². The third-order valence-electron chi connectivity index (χ3n) is 3.95. The van der Waals surface area contributed by atoms with Crippen molar-refractivity contribution in [3.05, 3.63) is 0 Å². The third-order valence-corrected chi connectivity index (χ3v) is 3.95. The second kappa shape index (κ2) is 7.16. The van der Waals surface area contributed by atoms with E-state index in [1.165, 1.54) is 6.42 Å². The van der Waals surface area contributed by atoms with Crippen molar-refractivity contribution in [3.8, 4) is 12.3 Å². The Bertz CT molecular complexity index is 277. The summed E-state index contributed by atoms with van der Waals surface area (Å²) in [4.78, 5) is 0. The largest absolute Gasteiger partial charge is 0.377 e. The van der Waals surface area contributed by atoms with E-state index in [1.807, 2.05) is 0 Å². The molecule has 0 radical (unpaired) electrons. The summed E-state index contributed by atoms with van der Waals surface area (Å²) in [6.07, 6.45) is 10.0. The number of ether oxygens (including phenoxy) is 1. The molecule has 1 fully saturated rings. The van der Waals surface area contributed by atoms with E-state index in [1.54, 1.807) is 0 Å². The summed E-state index contributed by atoms with van der Waals surface area (Å²) in [5, 5.41) is 3.64. The maximum Gasteiger partial charge on any atom is 0.0656 e. The second-order valence-corrected chi connectivity index (χ2v) is 6.44. The standard InChI is InChI=1S/C16H29NO/c1-6-7-8-9-10-17-14-11-15(16(14,4)5)18-12-13(2)3/h1,13-15,17H,7-12H2,2-5H3. The molecular formula is C16H29NO. The van der Waals surface area contributed by atoms with Gasteiger partial charge in [-0.3, -0.25) is 0 Å². The quantitative estimate of drug-likeness (QED) is 0.528. The predicted octanol–water partition coefficient (Wildman–Crippen LogP) is 3.22. The SMILES string of the molecule is C#CCCCCNC1CC(OCC(C)C)C1(C)C. The highest BCUT2D eigenvalue weighted by atomic mass is 16.5. The van der Waals surface area contributed by atoms with E-state index in [0.717, 1.165) is 32.4 Å². The number of terminal acetylenes is 1. The van der Waals surface area contributed by atoms with Crippen LogP contribution < -0.4 is 5.32 Å². The van der Waals surface area contributed by atoms with Crippen molar-refractivity contribution in [3.63, 3.8) is 0 Å². The van der Waals surface area contributed by atoms with Gasteiger partial charge in [-0.1, -0.05) is 27.7 Å². The number of nitrogens with one attached hydrogen (secondary N) is 1. The first kappa shape index (κ1) is 15.5. The summed E-state index contributed by atoms with van der Waals surface area (Å²) in [6.45, 7) is 11.0. The van der Waals surface area contributed by atoms with Crippen LogP contribution >= 0.6 is 0 Å². The molecule has 0 bridgehead atoms. The molecule has 1 rings (SSSR count). The summed E-state index contributed by atoms with van der Waals surface area (Å²) >= 11 is 0. The summed E-state index contributed by atoms with van der Waals surface area (Å²) in [5.74, 6) is 3.31. The molecule has 0 aromatic carbocycles. The van der Waals surface area contributed by atoms with Crippen LogP contribution in [0.4, 0.5) is 0 Å².